The number of hydrogen-bond acceptors (Lipinski definition) is 9. The third-order valence-electron chi connectivity index (χ3n) is 8.40. The maximum absolute atomic E-state index is 12.2. The van der Waals surface area contributed by atoms with Gasteiger partial charge in [-0.3, -0.25) is 0 Å². The largest absolute Gasteiger partial charge is 0.378 e. The van der Waals surface area contributed by atoms with Gasteiger partial charge in [-0.05, 0) is 57.1 Å². The Morgan fingerprint density at radius 1 is 1.02 bits per heavy atom. The molecule has 11 heteroatoms. The van der Waals surface area contributed by atoms with E-state index in [1.807, 2.05) is 12.1 Å². The van der Waals surface area contributed by atoms with E-state index in [1.54, 1.807) is 0 Å². The molecule has 1 aromatic carbocycles. The number of anilines is 2. The summed E-state index contributed by atoms with van der Waals surface area (Å²) in [5, 5.41) is 6.21. The molecule has 10 nitrogen and oxygen atoms in total. The molecule has 0 radical (unpaired) electrons. The molecule has 7 rings (SSSR count). The Bertz CT molecular complexity index is 1710. The molecule has 40 heavy (non-hydrogen) atoms. The van der Waals surface area contributed by atoms with Gasteiger partial charge >= 0.3 is 0 Å². The molecule has 2 fully saturated rings. The summed E-state index contributed by atoms with van der Waals surface area (Å²) in [5.41, 5.74) is 6.25. The third-order valence-corrected chi connectivity index (χ3v) is 9.18. The van der Waals surface area contributed by atoms with E-state index >= 15 is 0 Å². The van der Waals surface area contributed by atoms with Crippen molar-refractivity contribution in [3.8, 4) is 0 Å². The molecule has 3 aliphatic rings. The van der Waals surface area contributed by atoms with Crippen molar-refractivity contribution in [3.05, 3.63) is 52.6 Å². The first kappa shape index (κ1) is 25.6. The number of piperidine rings is 1. The average molecular weight is 562 g/mol. The summed E-state index contributed by atoms with van der Waals surface area (Å²) in [7, 11) is -3.29. The van der Waals surface area contributed by atoms with Crippen molar-refractivity contribution in [2.24, 2.45) is 0 Å². The lowest BCUT2D eigenvalue weighted by atomic mass is 9.98. The number of hydrogen-bond donors (Lipinski definition) is 0. The SMILES string of the molecule is Cc1cccc2nc(CS(C)(=O)=O)nc(N3CCCCC3c3cc4nc5c(c(N6CCOCC6)n4n3)CCC5)c12. The summed E-state index contributed by atoms with van der Waals surface area (Å²) in [6.45, 7) is 6.03. The second-order valence-corrected chi connectivity index (χ2v) is 13.5. The van der Waals surface area contributed by atoms with Gasteiger partial charge in [0.15, 0.2) is 15.5 Å². The van der Waals surface area contributed by atoms with E-state index in [-0.39, 0.29) is 11.8 Å². The average Bonchev–Trinajstić information content (AvgIpc) is 3.58. The number of rotatable bonds is 5. The molecule has 0 N–H and O–H groups in total. The zero-order valence-electron chi connectivity index (χ0n) is 23.1. The predicted molar refractivity (Wildman–Crippen MR) is 155 cm³/mol. The monoisotopic (exact) mass is 561 g/mol. The fraction of sp³-hybridized carbons (Fsp3) is 0.517. The minimum absolute atomic E-state index is 0.00613. The van der Waals surface area contributed by atoms with Crippen LogP contribution < -0.4 is 9.80 Å². The number of benzene rings is 1. The summed E-state index contributed by atoms with van der Waals surface area (Å²) >= 11 is 0. The van der Waals surface area contributed by atoms with Crippen molar-refractivity contribution < 1.29 is 13.2 Å². The van der Waals surface area contributed by atoms with Crippen molar-refractivity contribution in [2.45, 2.75) is 57.2 Å². The summed E-state index contributed by atoms with van der Waals surface area (Å²) < 4.78 is 32.1. The molecule has 1 unspecified atom stereocenters. The zero-order valence-corrected chi connectivity index (χ0v) is 24.0. The number of sulfone groups is 1. The highest BCUT2D eigenvalue weighted by molar-refractivity contribution is 7.89. The van der Waals surface area contributed by atoms with E-state index < -0.39 is 9.84 Å². The highest BCUT2D eigenvalue weighted by Crippen LogP contribution is 2.39. The van der Waals surface area contributed by atoms with Crippen LogP contribution in [0.25, 0.3) is 16.6 Å². The Morgan fingerprint density at radius 3 is 2.70 bits per heavy atom. The van der Waals surface area contributed by atoms with Gasteiger partial charge in [-0.15, -0.1) is 0 Å². The van der Waals surface area contributed by atoms with Gasteiger partial charge in [0, 0.05) is 48.6 Å². The Hall–Kier alpha value is -3.31. The van der Waals surface area contributed by atoms with Crippen LogP contribution in [0.4, 0.5) is 11.6 Å². The van der Waals surface area contributed by atoms with Crippen LogP contribution in [-0.4, -0.2) is 72.1 Å². The van der Waals surface area contributed by atoms with Gasteiger partial charge in [-0.2, -0.15) is 9.61 Å². The van der Waals surface area contributed by atoms with Crippen molar-refractivity contribution in [2.75, 3.05) is 48.9 Å². The van der Waals surface area contributed by atoms with Crippen LogP contribution in [0.15, 0.2) is 24.3 Å². The first-order chi connectivity index (χ1) is 19.4. The maximum atomic E-state index is 12.2. The number of morpholine rings is 1. The Kier molecular flexibility index (Phi) is 6.38. The molecule has 0 amide bonds. The third kappa shape index (κ3) is 4.58. The molecule has 0 bridgehead atoms. The molecule has 0 saturated carbocycles. The standard InChI is InChI=1S/C29H35N7O3S/c1-19-7-5-10-22-27(19)28(32-25(30-22)18-40(2,37)38)35-12-4-3-11-24(35)23-17-26-31-21-9-6-8-20(21)29(36(26)33-23)34-13-15-39-16-14-34/h5,7,10,17,24H,3-4,6,8-9,11-16,18H2,1-2H3. The second kappa shape index (κ2) is 9.95. The first-order valence-electron chi connectivity index (χ1n) is 14.3. The van der Waals surface area contributed by atoms with Gasteiger partial charge in [0.1, 0.15) is 23.2 Å². The van der Waals surface area contributed by atoms with Crippen molar-refractivity contribution in [1.82, 2.24) is 24.6 Å². The topological polar surface area (TPSA) is 106 Å². The Labute approximate surface area is 234 Å². The van der Waals surface area contributed by atoms with Gasteiger partial charge < -0.3 is 14.5 Å². The molecule has 1 atom stereocenters. The van der Waals surface area contributed by atoms with E-state index in [9.17, 15) is 8.42 Å². The lowest BCUT2D eigenvalue weighted by molar-refractivity contribution is 0.122. The van der Waals surface area contributed by atoms with E-state index in [4.69, 9.17) is 19.8 Å². The van der Waals surface area contributed by atoms with Gasteiger partial charge in [0.2, 0.25) is 0 Å². The second-order valence-electron chi connectivity index (χ2n) is 11.4. The van der Waals surface area contributed by atoms with E-state index in [0.29, 0.717) is 5.82 Å². The van der Waals surface area contributed by atoms with Crippen LogP contribution in [-0.2, 0) is 33.2 Å². The Balaban J connectivity index is 1.36. The highest BCUT2D eigenvalue weighted by atomic mass is 32.2. The summed E-state index contributed by atoms with van der Waals surface area (Å²) in [4.78, 5) is 19.4. The lowest BCUT2D eigenvalue weighted by Crippen LogP contribution is -2.38. The van der Waals surface area contributed by atoms with Crippen LogP contribution in [0.3, 0.4) is 0 Å². The lowest BCUT2D eigenvalue weighted by Gasteiger charge is -2.36. The maximum Gasteiger partial charge on any atom is 0.157 e. The van der Waals surface area contributed by atoms with Gasteiger partial charge in [0.25, 0.3) is 0 Å². The minimum Gasteiger partial charge on any atom is -0.378 e. The zero-order chi connectivity index (χ0) is 27.4. The van der Waals surface area contributed by atoms with Crippen molar-refractivity contribution in [3.63, 3.8) is 0 Å². The fourth-order valence-corrected chi connectivity index (χ4v) is 7.22. The summed E-state index contributed by atoms with van der Waals surface area (Å²) in [6, 6.07) is 8.14. The van der Waals surface area contributed by atoms with Gasteiger partial charge in [0.05, 0.1) is 30.5 Å². The Morgan fingerprint density at radius 2 is 1.88 bits per heavy atom. The molecule has 1 aliphatic carbocycles. The molecule has 4 aromatic rings. The van der Waals surface area contributed by atoms with Crippen LogP contribution in [0.2, 0.25) is 0 Å². The molecule has 0 spiro atoms. The van der Waals surface area contributed by atoms with Crippen molar-refractivity contribution >= 4 is 38.0 Å². The normalized spacial score (nSPS) is 20.0. The van der Waals surface area contributed by atoms with Crippen molar-refractivity contribution in [1.29, 1.82) is 0 Å². The number of ether oxygens (including phenoxy) is 1. The van der Waals surface area contributed by atoms with E-state index in [2.05, 4.69) is 38.4 Å². The van der Waals surface area contributed by atoms with E-state index in [1.165, 1.54) is 23.3 Å². The summed E-state index contributed by atoms with van der Waals surface area (Å²) in [5.74, 6) is 2.12. The summed E-state index contributed by atoms with van der Waals surface area (Å²) in [6.07, 6.45) is 7.47. The first-order valence-corrected chi connectivity index (χ1v) is 16.4. The number of aromatic nitrogens is 5. The molecular formula is C29H35N7O3S. The van der Waals surface area contributed by atoms with Gasteiger partial charge in [-0.1, -0.05) is 12.1 Å². The number of aryl methyl sites for hydroxylation is 2. The van der Waals surface area contributed by atoms with Crippen LogP contribution in [0.5, 0.6) is 0 Å². The molecule has 2 saturated heterocycles. The number of nitrogens with zero attached hydrogens (tertiary/aromatic N) is 7. The molecule has 5 heterocycles. The molecule has 2 aliphatic heterocycles. The van der Waals surface area contributed by atoms with Crippen LogP contribution >= 0.6 is 0 Å². The van der Waals surface area contributed by atoms with E-state index in [0.717, 1.165) is 105 Å². The van der Waals surface area contributed by atoms with Crippen LogP contribution in [0.1, 0.15) is 60.1 Å². The quantitative estimate of drug-likeness (QED) is 0.361. The highest BCUT2D eigenvalue weighted by Gasteiger charge is 2.32. The fourth-order valence-electron chi connectivity index (χ4n) is 6.62. The number of fused-ring (bicyclic) bond motifs is 3. The minimum atomic E-state index is -3.29. The predicted octanol–water partition coefficient (Wildman–Crippen LogP) is 3.58. The molecular weight excluding hydrogens is 526 g/mol. The molecule has 210 valence electrons. The smallest absolute Gasteiger partial charge is 0.157 e. The van der Waals surface area contributed by atoms with Crippen LogP contribution in [0, 0.1) is 6.92 Å². The molecule has 3 aromatic heterocycles. The van der Waals surface area contributed by atoms with Gasteiger partial charge in [-0.25, -0.2) is 23.4 Å².